The number of nitrogens with one attached hydrogen (secondary N) is 2. The van der Waals surface area contributed by atoms with Gasteiger partial charge in [-0.25, -0.2) is 0 Å². The van der Waals surface area contributed by atoms with Crippen LogP contribution in [0.1, 0.15) is 5.69 Å². The molecule has 0 aromatic carbocycles. The minimum absolute atomic E-state index is 0.508. The molecular weight excluding hydrogens is 178 g/mol. The molecule has 0 saturated carbocycles. The molecule has 0 amide bonds. The lowest BCUT2D eigenvalue weighted by molar-refractivity contribution is 0.237. The van der Waals surface area contributed by atoms with Crippen LogP contribution in [-0.2, 0) is 6.42 Å². The molecule has 78 valence electrons. The van der Waals surface area contributed by atoms with Gasteiger partial charge in [0.15, 0.2) is 0 Å². The van der Waals surface area contributed by atoms with E-state index in [1.165, 1.54) is 0 Å². The monoisotopic (exact) mass is 195 g/mol. The van der Waals surface area contributed by atoms with Crippen molar-refractivity contribution in [3.63, 3.8) is 0 Å². The SMILES string of the molecule is CN1CCNC(Cc2cc(N)n[nH]2)C1. The van der Waals surface area contributed by atoms with Gasteiger partial charge in [-0.3, -0.25) is 5.10 Å². The van der Waals surface area contributed by atoms with Crippen molar-refractivity contribution in [3.05, 3.63) is 11.8 Å². The quantitative estimate of drug-likeness (QED) is 0.591. The molecule has 1 aliphatic heterocycles. The summed E-state index contributed by atoms with van der Waals surface area (Å²) in [6.45, 7) is 3.27. The third kappa shape index (κ3) is 2.24. The number of anilines is 1. The second kappa shape index (κ2) is 3.98. The van der Waals surface area contributed by atoms with Crippen LogP contribution in [0.3, 0.4) is 0 Å². The van der Waals surface area contributed by atoms with Crippen molar-refractivity contribution < 1.29 is 0 Å². The Hall–Kier alpha value is -1.07. The highest BCUT2D eigenvalue weighted by Crippen LogP contribution is 2.06. The van der Waals surface area contributed by atoms with E-state index in [1.54, 1.807) is 0 Å². The Balaban J connectivity index is 1.90. The van der Waals surface area contributed by atoms with Crippen LogP contribution in [0.25, 0.3) is 0 Å². The number of nitrogens with two attached hydrogens (primary N) is 1. The number of rotatable bonds is 2. The fourth-order valence-electron chi connectivity index (χ4n) is 1.88. The van der Waals surface area contributed by atoms with Gasteiger partial charge in [0.1, 0.15) is 5.82 Å². The minimum Gasteiger partial charge on any atom is -0.382 e. The number of hydrogen-bond donors (Lipinski definition) is 3. The summed E-state index contributed by atoms with van der Waals surface area (Å²) in [7, 11) is 2.15. The standard InChI is InChI=1S/C9H17N5/c1-14-3-2-11-8(6-14)4-7-5-9(10)13-12-7/h5,8,11H,2-4,6H2,1H3,(H3,10,12,13). The lowest BCUT2D eigenvalue weighted by Crippen LogP contribution is -2.49. The molecule has 1 aliphatic rings. The van der Waals surface area contributed by atoms with E-state index in [1.807, 2.05) is 6.07 Å². The van der Waals surface area contributed by atoms with Crippen LogP contribution >= 0.6 is 0 Å². The highest BCUT2D eigenvalue weighted by molar-refractivity contribution is 5.28. The molecule has 0 spiro atoms. The fraction of sp³-hybridized carbons (Fsp3) is 0.667. The molecule has 1 fully saturated rings. The van der Waals surface area contributed by atoms with Crippen molar-refractivity contribution in [3.8, 4) is 0 Å². The molecule has 0 bridgehead atoms. The lowest BCUT2D eigenvalue weighted by atomic mass is 10.1. The Bertz CT molecular complexity index is 295. The van der Waals surface area contributed by atoms with E-state index in [2.05, 4.69) is 27.5 Å². The van der Waals surface area contributed by atoms with Gasteiger partial charge in [0.25, 0.3) is 0 Å². The van der Waals surface area contributed by atoms with Gasteiger partial charge < -0.3 is 16.0 Å². The highest BCUT2D eigenvalue weighted by Gasteiger charge is 2.17. The van der Waals surface area contributed by atoms with Crippen molar-refractivity contribution in [1.29, 1.82) is 0 Å². The maximum Gasteiger partial charge on any atom is 0.145 e. The predicted molar refractivity (Wildman–Crippen MR) is 56.0 cm³/mol. The Kier molecular flexibility index (Phi) is 2.69. The first kappa shape index (κ1) is 9.48. The molecule has 1 atom stereocenters. The van der Waals surface area contributed by atoms with E-state index in [9.17, 15) is 0 Å². The Labute approximate surface area is 83.7 Å². The van der Waals surface area contributed by atoms with Gasteiger partial charge in [0.05, 0.1) is 0 Å². The van der Waals surface area contributed by atoms with E-state index in [0.29, 0.717) is 11.9 Å². The summed E-state index contributed by atoms with van der Waals surface area (Å²) in [5, 5.41) is 10.3. The summed E-state index contributed by atoms with van der Waals surface area (Å²) >= 11 is 0. The summed E-state index contributed by atoms with van der Waals surface area (Å²) in [4.78, 5) is 2.33. The molecule has 5 heteroatoms. The zero-order valence-electron chi connectivity index (χ0n) is 8.45. The summed E-state index contributed by atoms with van der Waals surface area (Å²) in [6.07, 6.45) is 0.967. The van der Waals surface area contributed by atoms with Gasteiger partial charge in [-0.05, 0) is 7.05 Å². The Morgan fingerprint density at radius 2 is 2.57 bits per heavy atom. The van der Waals surface area contributed by atoms with Crippen molar-refractivity contribution in [1.82, 2.24) is 20.4 Å². The fourth-order valence-corrected chi connectivity index (χ4v) is 1.88. The number of piperazine rings is 1. The van der Waals surface area contributed by atoms with Crippen LogP contribution < -0.4 is 11.1 Å². The van der Waals surface area contributed by atoms with Gasteiger partial charge in [-0.15, -0.1) is 0 Å². The number of likely N-dealkylation sites (N-methyl/N-ethyl adjacent to an activating group) is 1. The van der Waals surface area contributed by atoms with Crippen LogP contribution in [0, 0.1) is 0 Å². The molecule has 14 heavy (non-hydrogen) atoms. The second-order valence-electron chi connectivity index (χ2n) is 3.94. The van der Waals surface area contributed by atoms with E-state index in [0.717, 1.165) is 31.7 Å². The van der Waals surface area contributed by atoms with Crippen LogP contribution in [0.2, 0.25) is 0 Å². The Morgan fingerprint density at radius 1 is 1.71 bits per heavy atom. The van der Waals surface area contributed by atoms with Gasteiger partial charge in [-0.2, -0.15) is 5.10 Å². The average Bonchev–Trinajstić information content (AvgIpc) is 2.51. The maximum atomic E-state index is 5.54. The van der Waals surface area contributed by atoms with E-state index in [4.69, 9.17) is 5.73 Å². The molecule has 1 aromatic heterocycles. The molecule has 2 heterocycles. The van der Waals surface area contributed by atoms with E-state index in [-0.39, 0.29) is 0 Å². The summed E-state index contributed by atoms with van der Waals surface area (Å²) in [5.74, 6) is 0.573. The largest absolute Gasteiger partial charge is 0.382 e. The third-order valence-corrected chi connectivity index (χ3v) is 2.58. The molecule has 1 saturated heterocycles. The van der Waals surface area contributed by atoms with Crippen LogP contribution in [0.5, 0.6) is 0 Å². The first-order valence-corrected chi connectivity index (χ1v) is 4.96. The summed E-state index contributed by atoms with van der Waals surface area (Å²) in [5.41, 5.74) is 6.64. The number of nitrogen functional groups attached to an aromatic ring is 1. The smallest absolute Gasteiger partial charge is 0.145 e. The topological polar surface area (TPSA) is 70.0 Å². The van der Waals surface area contributed by atoms with Crippen molar-refractivity contribution >= 4 is 5.82 Å². The summed E-state index contributed by atoms with van der Waals surface area (Å²) in [6, 6.07) is 2.41. The molecule has 5 nitrogen and oxygen atoms in total. The Morgan fingerprint density at radius 3 is 3.21 bits per heavy atom. The van der Waals surface area contributed by atoms with Crippen LogP contribution in [0.4, 0.5) is 5.82 Å². The first-order valence-electron chi connectivity index (χ1n) is 4.96. The van der Waals surface area contributed by atoms with Gasteiger partial charge in [0.2, 0.25) is 0 Å². The van der Waals surface area contributed by atoms with Crippen LogP contribution in [-0.4, -0.2) is 47.8 Å². The number of H-pyrrole nitrogens is 1. The minimum atomic E-state index is 0.508. The molecule has 0 aliphatic carbocycles. The zero-order chi connectivity index (χ0) is 9.97. The molecule has 1 aromatic rings. The first-order chi connectivity index (χ1) is 6.74. The molecular formula is C9H17N5. The number of nitrogens with zero attached hydrogens (tertiary/aromatic N) is 2. The number of aromatic nitrogens is 2. The predicted octanol–water partition coefficient (Wildman–Crippen LogP) is -0.562. The summed E-state index contributed by atoms with van der Waals surface area (Å²) < 4.78 is 0. The number of aromatic amines is 1. The van der Waals surface area contributed by atoms with Crippen molar-refractivity contribution in [2.75, 3.05) is 32.4 Å². The number of hydrogen-bond acceptors (Lipinski definition) is 4. The molecule has 4 N–H and O–H groups in total. The van der Waals surface area contributed by atoms with Gasteiger partial charge in [-0.1, -0.05) is 0 Å². The normalized spacial score (nSPS) is 23.9. The molecule has 0 radical (unpaired) electrons. The third-order valence-electron chi connectivity index (χ3n) is 2.58. The van der Waals surface area contributed by atoms with E-state index < -0.39 is 0 Å². The van der Waals surface area contributed by atoms with Crippen molar-refractivity contribution in [2.45, 2.75) is 12.5 Å². The molecule has 1 unspecified atom stereocenters. The van der Waals surface area contributed by atoms with E-state index >= 15 is 0 Å². The average molecular weight is 195 g/mol. The van der Waals surface area contributed by atoms with Gasteiger partial charge >= 0.3 is 0 Å². The zero-order valence-corrected chi connectivity index (χ0v) is 8.45. The lowest BCUT2D eigenvalue weighted by Gasteiger charge is -2.30. The van der Waals surface area contributed by atoms with Crippen LogP contribution in [0.15, 0.2) is 6.07 Å². The second-order valence-corrected chi connectivity index (χ2v) is 3.94. The highest BCUT2D eigenvalue weighted by atomic mass is 15.2. The van der Waals surface area contributed by atoms with Gasteiger partial charge in [0, 0.05) is 43.9 Å². The molecule has 2 rings (SSSR count). The maximum absolute atomic E-state index is 5.54. The van der Waals surface area contributed by atoms with Crippen molar-refractivity contribution in [2.24, 2.45) is 0 Å².